The van der Waals surface area contributed by atoms with Crippen LogP contribution in [-0.2, 0) is 11.3 Å². The summed E-state index contributed by atoms with van der Waals surface area (Å²) in [5, 5.41) is 0. The molecule has 2 saturated heterocycles. The molecule has 31 heavy (non-hydrogen) atoms. The zero-order chi connectivity index (χ0) is 21.4. The number of para-hydroxylation sites is 1. The molecule has 6 nitrogen and oxygen atoms in total. The summed E-state index contributed by atoms with van der Waals surface area (Å²) in [6, 6.07) is 14.5. The SMILES string of the molecule is O=C(c1ccc(CN2C(=O)[C@H]3CCCN3C(=O)c3ccccc32)cc1)N1CCCCC1. The first-order valence-electron chi connectivity index (χ1n) is 11.2. The standard InChI is InChI=1S/C25H27N3O3/c29-23(26-14-4-1-5-15-26)19-12-10-18(11-13-19)17-28-21-8-3-2-7-20(21)24(30)27-16-6-9-22(27)25(28)31/h2-3,7-8,10-13,22H,1,4-6,9,14-17H2/t22-/m1/s1. The van der Waals surface area contributed by atoms with Crippen LogP contribution in [-0.4, -0.2) is 53.2 Å². The van der Waals surface area contributed by atoms with Gasteiger partial charge in [-0.2, -0.15) is 0 Å². The van der Waals surface area contributed by atoms with E-state index in [-0.39, 0.29) is 23.8 Å². The van der Waals surface area contributed by atoms with E-state index in [1.807, 2.05) is 47.4 Å². The lowest BCUT2D eigenvalue weighted by atomic mass is 10.1. The number of carbonyl (C=O) groups excluding carboxylic acids is 3. The van der Waals surface area contributed by atoms with Gasteiger partial charge < -0.3 is 14.7 Å². The van der Waals surface area contributed by atoms with E-state index in [9.17, 15) is 14.4 Å². The zero-order valence-corrected chi connectivity index (χ0v) is 17.6. The Morgan fingerprint density at radius 2 is 1.61 bits per heavy atom. The van der Waals surface area contributed by atoms with Crippen molar-refractivity contribution in [1.29, 1.82) is 0 Å². The monoisotopic (exact) mass is 417 g/mol. The number of hydrogen-bond donors (Lipinski definition) is 0. The van der Waals surface area contributed by atoms with Crippen LogP contribution in [0.15, 0.2) is 48.5 Å². The summed E-state index contributed by atoms with van der Waals surface area (Å²) in [6.07, 6.45) is 4.88. The van der Waals surface area contributed by atoms with Gasteiger partial charge in [0.15, 0.2) is 0 Å². The number of likely N-dealkylation sites (tertiary alicyclic amines) is 1. The third-order valence-electron chi connectivity index (χ3n) is 6.67. The van der Waals surface area contributed by atoms with Crippen LogP contribution in [0.4, 0.5) is 5.69 Å². The van der Waals surface area contributed by atoms with E-state index in [1.54, 1.807) is 15.9 Å². The molecule has 1 atom stereocenters. The van der Waals surface area contributed by atoms with Crippen LogP contribution in [0, 0.1) is 0 Å². The Labute approximate surface area is 182 Å². The van der Waals surface area contributed by atoms with Gasteiger partial charge >= 0.3 is 0 Å². The third kappa shape index (κ3) is 3.60. The Morgan fingerprint density at radius 1 is 0.871 bits per heavy atom. The topological polar surface area (TPSA) is 60.9 Å². The van der Waals surface area contributed by atoms with Crippen LogP contribution >= 0.6 is 0 Å². The van der Waals surface area contributed by atoms with E-state index in [4.69, 9.17) is 0 Å². The van der Waals surface area contributed by atoms with Gasteiger partial charge in [0, 0.05) is 25.2 Å². The van der Waals surface area contributed by atoms with Crippen molar-refractivity contribution in [3.8, 4) is 0 Å². The Balaban J connectivity index is 1.40. The van der Waals surface area contributed by atoms with Crippen LogP contribution < -0.4 is 4.90 Å². The summed E-state index contributed by atoms with van der Waals surface area (Å²) in [4.78, 5) is 44.6. The van der Waals surface area contributed by atoms with Crippen molar-refractivity contribution in [1.82, 2.24) is 9.80 Å². The summed E-state index contributed by atoms with van der Waals surface area (Å²) in [5.41, 5.74) is 2.88. The minimum atomic E-state index is -0.389. The Hall–Kier alpha value is -3.15. The Morgan fingerprint density at radius 3 is 2.39 bits per heavy atom. The maximum atomic E-state index is 13.4. The predicted molar refractivity (Wildman–Crippen MR) is 118 cm³/mol. The lowest BCUT2D eigenvalue weighted by molar-refractivity contribution is -0.122. The number of carbonyl (C=O) groups is 3. The maximum Gasteiger partial charge on any atom is 0.256 e. The van der Waals surface area contributed by atoms with Gasteiger partial charge in [-0.25, -0.2) is 0 Å². The summed E-state index contributed by atoms with van der Waals surface area (Å²) in [7, 11) is 0. The molecule has 3 aliphatic heterocycles. The van der Waals surface area contributed by atoms with E-state index in [0.717, 1.165) is 37.9 Å². The van der Waals surface area contributed by atoms with Crippen LogP contribution in [0.3, 0.4) is 0 Å². The summed E-state index contributed by atoms with van der Waals surface area (Å²) >= 11 is 0. The van der Waals surface area contributed by atoms with Crippen LogP contribution in [0.25, 0.3) is 0 Å². The molecule has 0 saturated carbocycles. The highest BCUT2D eigenvalue weighted by molar-refractivity contribution is 6.11. The molecule has 0 bridgehead atoms. The van der Waals surface area contributed by atoms with Gasteiger partial charge in [-0.3, -0.25) is 14.4 Å². The Bertz CT molecular complexity index is 1010. The Kier molecular flexibility index (Phi) is 5.22. The highest BCUT2D eigenvalue weighted by Gasteiger charge is 2.41. The van der Waals surface area contributed by atoms with Gasteiger partial charge in [-0.05, 0) is 61.9 Å². The van der Waals surface area contributed by atoms with Crippen LogP contribution in [0.1, 0.15) is 58.4 Å². The number of amides is 3. The first-order valence-corrected chi connectivity index (χ1v) is 11.2. The number of benzene rings is 2. The minimum Gasteiger partial charge on any atom is -0.339 e. The molecular weight excluding hydrogens is 390 g/mol. The molecule has 3 aliphatic rings. The molecule has 0 unspecified atom stereocenters. The number of nitrogens with zero attached hydrogens (tertiary/aromatic N) is 3. The minimum absolute atomic E-state index is 0.0238. The highest BCUT2D eigenvalue weighted by Crippen LogP contribution is 2.33. The normalized spacial score (nSPS) is 21.0. The molecule has 6 heteroatoms. The fraction of sp³-hybridized carbons (Fsp3) is 0.400. The highest BCUT2D eigenvalue weighted by atomic mass is 16.2. The average molecular weight is 418 g/mol. The average Bonchev–Trinajstić information content (AvgIpc) is 3.30. The number of hydrogen-bond acceptors (Lipinski definition) is 3. The number of piperidine rings is 1. The van der Waals surface area contributed by atoms with Crippen LogP contribution in [0.5, 0.6) is 0 Å². The second kappa shape index (κ2) is 8.17. The molecule has 0 aromatic heterocycles. The number of rotatable bonds is 3. The molecule has 0 radical (unpaired) electrons. The largest absolute Gasteiger partial charge is 0.339 e. The molecule has 2 aromatic carbocycles. The van der Waals surface area contributed by atoms with Crippen molar-refractivity contribution in [2.45, 2.75) is 44.7 Å². The van der Waals surface area contributed by atoms with Gasteiger partial charge in [0.2, 0.25) is 5.91 Å². The molecule has 0 N–H and O–H groups in total. The lowest BCUT2D eigenvalue weighted by Crippen LogP contribution is -2.44. The van der Waals surface area contributed by atoms with Gasteiger partial charge in [-0.1, -0.05) is 24.3 Å². The predicted octanol–water partition coefficient (Wildman–Crippen LogP) is 3.46. The summed E-state index contributed by atoms with van der Waals surface area (Å²) < 4.78 is 0. The fourth-order valence-corrected chi connectivity index (χ4v) is 4.99. The first-order chi connectivity index (χ1) is 15.1. The van der Waals surface area contributed by atoms with Crippen molar-refractivity contribution >= 4 is 23.4 Å². The van der Waals surface area contributed by atoms with Gasteiger partial charge in [-0.15, -0.1) is 0 Å². The van der Waals surface area contributed by atoms with Crippen LogP contribution in [0.2, 0.25) is 0 Å². The second-order valence-corrected chi connectivity index (χ2v) is 8.65. The van der Waals surface area contributed by atoms with E-state index < -0.39 is 0 Å². The summed E-state index contributed by atoms with van der Waals surface area (Å²) in [5.74, 6) is -0.00432. The lowest BCUT2D eigenvalue weighted by Gasteiger charge is -2.27. The molecule has 0 aliphatic carbocycles. The van der Waals surface area contributed by atoms with Crippen molar-refractivity contribution in [3.05, 3.63) is 65.2 Å². The molecular formula is C25H27N3O3. The van der Waals surface area contributed by atoms with E-state index in [2.05, 4.69) is 0 Å². The second-order valence-electron chi connectivity index (χ2n) is 8.65. The first kappa shape index (κ1) is 19.8. The fourth-order valence-electron chi connectivity index (χ4n) is 4.99. The molecule has 5 rings (SSSR count). The molecule has 3 amide bonds. The zero-order valence-electron chi connectivity index (χ0n) is 17.6. The molecule has 0 spiro atoms. The van der Waals surface area contributed by atoms with E-state index >= 15 is 0 Å². The molecule has 2 aromatic rings. The van der Waals surface area contributed by atoms with Crippen molar-refractivity contribution in [3.63, 3.8) is 0 Å². The van der Waals surface area contributed by atoms with Gasteiger partial charge in [0.25, 0.3) is 11.8 Å². The molecule has 3 heterocycles. The van der Waals surface area contributed by atoms with E-state index in [0.29, 0.717) is 36.3 Å². The maximum absolute atomic E-state index is 13.4. The third-order valence-corrected chi connectivity index (χ3v) is 6.67. The quantitative estimate of drug-likeness (QED) is 0.768. The number of fused-ring (bicyclic) bond motifs is 2. The summed E-state index contributed by atoms with van der Waals surface area (Å²) in [6.45, 7) is 2.66. The molecule has 160 valence electrons. The van der Waals surface area contributed by atoms with Crippen molar-refractivity contribution in [2.24, 2.45) is 0 Å². The van der Waals surface area contributed by atoms with Crippen molar-refractivity contribution < 1.29 is 14.4 Å². The molecule has 2 fully saturated rings. The van der Waals surface area contributed by atoms with Crippen molar-refractivity contribution in [2.75, 3.05) is 24.5 Å². The smallest absolute Gasteiger partial charge is 0.256 e. The number of anilines is 1. The van der Waals surface area contributed by atoms with E-state index in [1.165, 1.54) is 6.42 Å². The van der Waals surface area contributed by atoms with Gasteiger partial charge in [0.1, 0.15) is 6.04 Å². The van der Waals surface area contributed by atoms with Gasteiger partial charge in [0.05, 0.1) is 17.8 Å².